The molecule has 0 aromatic heterocycles. The van der Waals surface area contributed by atoms with Crippen LogP contribution in [0.25, 0.3) is 0 Å². The summed E-state index contributed by atoms with van der Waals surface area (Å²) < 4.78 is 0. The predicted octanol–water partition coefficient (Wildman–Crippen LogP) is 3.88. The summed E-state index contributed by atoms with van der Waals surface area (Å²) in [5, 5.41) is 0. The largest absolute Gasteiger partial charge is 0.295 e. The van der Waals surface area contributed by atoms with Crippen LogP contribution in [0, 0.1) is 0 Å². The number of carbonyl (C=O) groups excluding carboxylic acids is 1. The molecule has 0 unspecified atom stereocenters. The summed E-state index contributed by atoms with van der Waals surface area (Å²) >= 11 is 0. The molecular formula is C12H22O. The first-order valence-corrected chi connectivity index (χ1v) is 5.38. The highest BCUT2D eigenvalue weighted by molar-refractivity contribution is 5.94. The van der Waals surface area contributed by atoms with E-state index in [1.54, 1.807) is 0 Å². The average molecular weight is 182 g/mol. The first-order chi connectivity index (χ1) is 6.22. The lowest BCUT2D eigenvalue weighted by molar-refractivity contribution is -0.115. The number of hydrogen-bond donors (Lipinski definition) is 0. The van der Waals surface area contributed by atoms with Crippen LogP contribution >= 0.6 is 0 Å². The normalized spacial score (nSPS) is 11.8. The zero-order chi connectivity index (χ0) is 10.1. The van der Waals surface area contributed by atoms with E-state index >= 15 is 0 Å². The molecule has 0 aliphatic carbocycles. The van der Waals surface area contributed by atoms with Crippen molar-refractivity contribution in [3.63, 3.8) is 0 Å². The van der Waals surface area contributed by atoms with Gasteiger partial charge in [0.25, 0.3) is 0 Å². The lowest BCUT2D eigenvalue weighted by atomic mass is 10.0. The van der Waals surface area contributed by atoms with E-state index < -0.39 is 0 Å². The first kappa shape index (κ1) is 12.4. The predicted molar refractivity (Wildman–Crippen MR) is 57.8 cm³/mol. The number of Topliss-reactive ketones (excluding diaryl/α,β-unsaturated/α-hetero) is 1. The molecule has 0 aliphatic rings. The van der Waals surface area contributed by atoms with Gasteiger partial charge >= 0.3 is 0 Å². The van der Waals surface area contributed by atoms with E-state index in [0.29, 0.717) is 5.78 Å². The fraction of sp³-hybridized carbons (Fsp3) is 0.750. The maximum absolute atomic E-state index is 11.3. The highest BCUT2D eigenvalue weighted by atomic mass is 16.1. The zero-order valence-corrected chi connectivity index (χ0v) is 9.23. The molecule has 76 valence electrons. The van der Waals surface area contributed by atoms with E-state index in [2.05, 4.69) is 6.92 Å². The minimum Gasteiger partial charge on any atom is -0.295 e. The van der Waals surface area contributed by atoms with Gasteiger partial charge in [0, 0.05) is 6.42 Å². The average Bonchev–Trinajstić information content (AvgIpc) is 2.16. The Labute approximate surface area is 82.2 Å². The van der Waals surface area contributed by atoms with Gasteiger partial charge in [-0.3, -0.25) is 4.79 Å². The fourth-order valence-electron chi connectivity index (χ4n) is 1.25. The molecule has 0 atom stereocenters. The van der Waals surface area contributed by atoms with Crippen molar-refractivity contribution in [3.05, 3.63) is 11.6 Å². The maximum atomic E-state index is 11.3. The third-order valence-corrected chi connectivity index (χ3v) is 2.38. The molecule has 0 heterocycles. The standard InChI is InChI=1S/C12H22O/c1-4-6-7-8-9-10-12(13)11(3)5-2/h5H,4,6-10H2,1-3H3/b11-5+. The fourth-order valence-corrected chi connectivity index (χ4v) is 1.25. The Morgan fingerprint density at radius 2 is 1.77 bits per heavy atom. The molecule has 0 spiro atoms. The molecule has 0 saturated carbocycles. The summed E-state index contributed by atoms with van der Waals surface area (Å²) in [6.07, 6.45) is 8.74. The second-order valence-electron chi connectivity index (χ2n) is 3.56. The van der Waals surface area contributed by atoms with Crippen LogP contribution in [0.3, 0.4) is 0 Å². The number of hydrogen-bond acceptors (Lipinski definition) is 1. The van der Waals surface area contributed by atoms with Gasteiger partial charge in [0.15, 0.2) is 5.78 Å². The molecule has 0 amide bonds. The van der Waals surface area contributed by atoms with E-state index in [0.717, 1.165) is 18.4 Å². The summed E-state index contributed by atoms with van der Waals surface area (Å²) in [5.74, 6) is 0.319. The molecule has 0 radical (unpaired) electrons. The lowest BCUT2D eigenvalue weighted by Crippen LogP contribution is -1.98. The second-order valence-corrected chi connectivity index (χ2v) is 3.56. The Bertz CT molecular complexity index is 168. The molecule has 13 heavy (non-hydrogen) atoms. The highest BCUT2D eigenvalue weighted by Gasteiger charge is 2.01. The molecule has 0 rings (SSSR count). The van der Waals surface area contributed by atoms with Gasteiger partial charge in [-0.25, -0.2) is 0 Å². The van der Waals surface area contributed by atoms with Crippen LogP contribution in [0.1, 0.15) is 59.3 Å². The summed E-state index contributed by atoms with van der Waals surface area (Å²) in [5.41, 5.74) is 0.912. The molecule has 0 aromatic rings. The number of ketones is 1. The first-order valence-electron chi connectivity index (χ1n) is 5.38. The SMILES string of the molecule is C/C=C(\C)C(=O)CCCCCCC. The van der Waals surface area contributed by atoms with Gasteiger partial charge in [0.2, 0.25) is 0 Å². The van der Waals surface area contributed by atoms with Crippen LogP contribution in [0.4, 0.5) is 0 Å². The van der Waals surface area contributed by atoms with Crippen LogP contribution in [0.15, 0.2) is 11.6 Å². The van der Waals surface area contributed by atoms with Gasteiger partial charge in [-0.05, 0) is 25.8 Å². The number of rotatable bonds is 7. The Hall–Kier alpha value is -0.590. The Kier molecular flexibility index (Phi) is 7.66. The second kappa shape index (κ2) is 8.03. The monoisotopic (exact) mass is 182 g/mol. The number of carbonyl (C=O) groups is 1. The van der Waals surface area contributed by atoms with Crippen molar-refractivity contribution in [1.29, 1.82) is 0 Å². The highest BCUT2D eigenvalue weighted by Crippen LogP contribution is 2.08. The van der Waals surface area contributed by atoms with Crippen LogP contribution in [0.5, 0.6) is 0 Å². The third-order valence-electron chi connectivity index (χ3n) is 2.38. The van der Waals surface area contributed by atoms with Gasteiger partial charge in [-0.15, -0.1) is 0 Å². The molecule has 0 saturated heterocycles. The molecule has 0 aromatic carbocycles. The molecule has 0 aliphatic heterocycles. The van der Waals surface area contributed by atoms with Crippen LogP contribution in [-0.4, -0.2) is 5.78 Å². The molecule has 1 heteroatoms. The smallest absolute Gasteiger partial charge is 0.158 e. The molecule has 1 nitrogen and oxygen atoms in total. The van der Waals surface area contributed by atoms with Crippen molar-refractivity contribution in [2.75, 3.05) is 0 Å². The Morgan fingerprint density at radius 1 is 1.15 bits per heavy atom. The van der Waals surface area contributed by atoms with Crippen molar-refractivity contribution in [3.8, 4) is 0 Å². The molecule has 0 fully saturated rings. The van der Waals surface area contributed by atoms with Crippen molar-refractivity contribution in [1.82, 2.24) is 0 Å². The van der Waals surface area contributed by atoms with Crippen molar-refractivity contribution < 1.29 is 4.79 Å². The van der Waals surface area contributed by atoms with Gasteiger partial charge in [-0.1, -0.05) is 38.7 Å². The topological polar surface area (TPSA) is 17.1 Å². The number of allylic oxidation sites excluding steroid dienone is 2. The van der Waals surface area contributed by atoms with Gasteiger partial charge in [0.1, 0.15) is 0 Å². The molecule has 0 N–H and O–H groups in total. The Morgan fingerprint density at radius 3 is 2.31 bits per heavy atom. The van der Waals surface area contributed by atoms with Crippen LogP contribution < -0.4 is 0 Å². The van der Waals surface area contributed by atoms with Crippen LogP contribution in [0.2, 0.25) is 0 Å². The van der Waals surface area contributed by atoms with Crippen molar-refractivity contribution in [2.45, 2.75) is 59.3 Å². The van der Waals surface area contributed by atoms with E-state index in [4.69, 9.17) is 0 Å². The van der Waals surface area contributed by atoms with E-state index in [-0.39, 0.29) is 0 Å². The summed E-state index contributed by atoms with van der Waals surface area (Å²) in [7, 11) is 0. The zero-order valence-electron chi connectivity index (χ0n) is 9.23. The van der Waals surface area contributed by atoms with Crippen molar-refractivity contribution >= 4 is 5.78 Å². The lowest BCUT2D eigenvalue weighted by Gasteiger charge is -2.00. The van der Waals surface area contributed by atoms with Crippen molar-refractivity contribution in [2.24, 2.45) is 0 Å². The van der Waals surface area contributed by atoms with Gasteiger partial charge in [0.05, 0.1) is 0 Å². The summed E-state index contributed by atoms with van der Waals surface area (Å²) in [4.78, 5) is 11.3. The third kappa shape index (κ3) is 6.56. The Balaban J connectivity index is 3.38. The maximum Gasteiger partial charge on any atom is 0.158 e. The van der Waals surface area contributed by atoms with Gasteiger partial charge in [-0.2, -0.15) is 0 Å². The van der Waals surface area contributed by atoms with Gasteiger partial charge < -0.3 is 0 Å². The van der Waals surface area contributed by atoms with E-state index in [1.165, 1.54) is 25.7 Å². The molecular weight excluding hydrogens is 160 g/mol. The van der Waals surface area contributed by atoms with E-state index in [1.807, 2.05) is 19.9 Å². The summed E-state index contributed by atoms with van der Waals surface area (Å²) in [6.45, 7) is 6.02. The minimum absolute atomic E-state index is 0.319. The molecule has 0 bridgehead atoms. The quantitative estimate of drug-likeness (QED) is 0.431. The number of unbranched alkanes of at least 4 members (excludes halogenated alkanes) is 4. The van der Waals surface area contributed by atoms with Crippen LogP contribution in [-0.2, 0) is 4.79 Å². The van der Waals surface area contributed by atoms with E-state index in [9.17, 15) is 4.79 Å². The summed E-state index contributed by atoms with van der Waals surface area (Å²) in [6, 6.07) is 0. The minimum atomic E-state index is 0.319.